The smallest absolute Gasteiger partial charge is 0.223 e. The molecule has 1 fully saturated rings. The van der Waals surface area contributed by atoms with Gasteiger partial charge in [0.05, 0.1) is 6.04 Å². The van der Waals surface area contributed by atoms with Gasteiger partial charge in [-0.15, -0.1) is 0 Å². The van der Waals surface area contributed by atoms with Gasteiger partial charge in [0, 0.05) is 5.92 Å². The average Bonchev–Trinajstić information content (AvgIpc) is 2.19. The van der Waals surface area contributed by atoms with E-state index in [9.17, 15) is 9.59 Å². The van der Waals surface area contributed by atoms with Crippen molar-refractivity contribution in [2.24, 2.45) is 5.92 Å². The van der Waals surface area contributed by atoms with Gasteiger partial charge in [-0.1, -0.05) is 19.3 Å². The Labute approximate surface area is 85.3 Å². The number of nitrogens with one attached hydrogen (secondary N) is 1. The summed E-state index contributed by atoms with van der Waals surface area (Å²) in [6.07, 6.45) is 5.50. The summed E-state index contributed by atoms with van der Waals surface area (Å²) < 4.78 is 0. The highest BCUT2D eigenvalue weighted by atomic mass is 16.2. The molecule has 0 heterocycles. The van der Waals surface area contributed by atoms with E-state index in [1.165, 1.54) is 13.3 Å². The summed E-state index contributed by atoms with van der Waals surface area (Å²) in [5, 5.41) is 2.76. The number of carbonyl (C=O) groups is 2. The summed E-state index contributed by atoms with van der Waals surface area (Å²) in [6, 6.07) is -0.329. The van der Waals surface area contributed by atoms with Crippen molar-refractivity contribution in [3.05, 3.63) is 0 Å². The number of rotatable bonds is 3. The number of carbonyl (C=O) groups excluding carboxylic acids is 2. The predicted octanol–water partition coefficient (Wildman–Crippen LogP) is 1.66. The molecule has 0 aliphatic heterocycles. The third kappa shape index (κ3) is 3.13. The van der Waals surface area contributed by atoms with Gasteiger partial charge in [0.25, 0.3) is 0 Å². The molecule has 14 heavy (non-hydrogen) atoms. The molecule has 3 nitrogen and oxygen atoms in total. The van der Waals surface area contributed by atoms with Gasteiger partial charge >= 0.3 is 0 Å². The Balaban J connectivity index is 2.36. The summed E-state index contributed by atoms with van der Waals surface area (Å²) in [7, 11) is 0. The van der Waals surface area contributed by atoms with Crippen molar-refractivity contribution in [3.63, 3.8) is 0 Å². The first-order valence-electron chi connectivity index (χ1n) is 5.42. The van der Waals surface area contributed by atoms with Crippen molar-refractivity contribution in [2.75, 3.05) is 0 Å². The fourth-order valence-electron chi connectivity index (χ4n) is 1.80. The second-order valence-electron chi connectivity index (χ2n) is 4.18. The van der Waals surface area contributed by atoms with E-state index in [-0.39, 0.29) is 23.7 Å². The molecule has 1 atom stereocenters. The van der Waals surface area contributed by atoms with Crippen LogP contribution in [0.15, 0.2) is 0 Å². The fraction of sp³-hybridized carbons (Fsp3) is 0.818. The highest BCUT2D eigenvalue weighted by molar-refractivity contribution is 5.87. The summed E-state index contributed by atoms with van der Waals surface area (Å²) in [5.41, 5.74) is 0. The normalized spacial score (nSPS) is 20.1. The van der Waals surface area contributed by atoms with Crippen LogP contribution in [0.25, 0.3) is 0 Å². The molecule has 1 rings (SSSR count). The Morgan fingerprint density at radius 2 is 1.79 bits per heavy atom. The van der Waals surface area contributed by atoms with E-state index in [1.54, 1.807) is 6.92 Å². The standard InChI is InChI=1S/C11H19NO2/c1-8(9(2)13)12-11(14)10-6-4-3-5-7-10/h8,10H,3-7H2,1-2H3,(H,12,14). The van der Waals surface area contributed by atoms with Crippen LogP contribution in [0.3, 0.4) is 0 Å². The van der Waals surface area contributed by atoms with Crippen LogP contribution in [0.1, 0.15) is 46.0 Å². The molecule has 3 heteroatoms. The van der Waals surface area contributed by atoms with E-state index in [0.717, 1.165) is 25.7 Å². The fourth-order valence-corrected chi connectivity index (χ4v) is 1.80. The molecule has 1 saturated carbocycles. The molecule has 80 valence electrons. The third-order valence-electron chi connectivity index (χ3n) is 2.94. The Kier molecular flexibility index (Phi) is 4.11. The van der Waals surface area contributed by atoms with E-state index in [1.807, 2.05) is 0 Å². The van der Waals surface area contributed by atoms with Gasteiger partial charge in [0.1, 0.15) is 0 Å². The highest BCUT2D eigenvalue weighted by Gasteiger charge is 2.22. The quantitative estimate of drug-likeness (QED) is 0.748. The third-order valence-corrected chi connectivity index (χ3v) is 2.94. The van der Waals surface area contributed by atoms with Crippen LogP contribution in [-0.2, 0) is 9.59 Å². The van der Waals surface area contributed by atoms with Crippen LogP contribution < -0.4 is 5.32 Å². The monoisotopic (exact) mass is 197 g/mol. The summed E-state index contributed by atoms with van der Waals surface area (Å²) in [6.45, 7) is 3.24. The summed E-state index contributed by atoms with van der Waals surface area (Å²) >= 11 is 0. The average molecular weight is 197 g/mol. The topological polar surface area (TPSA) is 46.2 Å². The Morgan fingerprint density at radius 3 is 2.29 bits per heavy atom. The van der Waals surface area contributed by atoms with Crippen LogP contribution in [0.2, 0.25) is 0 Å². The van der Waals surface area contributed by atoms with E-state index in [0.29, 0.717) is 0 Å². The van der Waals surface area contributed by atoms with Gasteiger partial charge in [-0.2, -0.15) is 0 Å². The maximum Gasteiger partial charge on any atom is 0.223 e. The zero-order chi connectivity index (χ0) is 10.6. The SMILES string of the molecule is CC(=O)C(C)NC(=O)C1CCCCC1. The van der Waals surface area contributed by atoms with Crippen LogP contribution in [0.4, 0.5) is 0 Å². The minimum atomic E-state index is -0.329. The van der Waals surface area contributed by atoms with Crippen molar-refractivity contribution in [1.29, 1.82) is 0 Å². The van der Waals surface area contributed by atoms with Crippen LogP contribution in [0, 0.1) is 5.92 Å². The molecular formula is C11H19NO2. The highest BCUT2D eigenvalue weighted by Crippen LogP contribution is 2.23. The predicted molar refractivity (Wildman–Crippen MR) is 54.9 cm³/mol. The van der Waals surface area contributed by atoms with Crippen LogP contribution in [-0.4, -0.2) is 17.7 Å². The minimum Gasteiger partial charge on any atom is -0.346 e. The maximum absolute atomic E-state index is 11.6. The van der Waals surface area contributed by atoms with Gasteiger partial charge < -0.3 is 5.32 Å². The maximum atomic E-state index is 11.6. The molecular weight excluding hydrogens is 178 g/mol. The van der Waals surface area contributed by atoms with Gasteiger partial charge in [-0.05, 0) is 26.7 Å². The molecule has 1 unspecified atom stereocenters. The largest absolute Gasteiger partial charge is 0.346 e. The zero-order valence-electron chi connectivity index (χ0n) is 9.01. The molecule has 1 N–H and O–H groups in total. The number of hydrogen-bond acceptors (Lipinski definition) is 2. The summed E-state index contributed by atoms with van der Waals surface area (Å²) in [5.74, 6) is 0.229. The molecule has 0 saturated heterocycles. The van der Waals surface area contributed by atoms with Gasteiger partial charge in [-0.25, -0.2) is 0 Å². The van der Waals surface area contributed by atoms with Crippen molar-refractivity contribution in [2.45, 2.75) is 52.0 Å². The van der Waals surface area contributed by atoms with E-state index in [2.05, 4.69) is 5.32 Å². The van der Waals surface area contributed by atoms with E-state index < -0.39 is 0 Å². The Morgan fingerprint density at radius 1 is 1.21 bits per heavy atom. The van der Waals surface area contributed by atoms with Crippen LogP contribution >= 0.6 is 0 Å². The molecule has 1 amide bonds. The van der Waals surface area contributed by atoms with Crippen LogP contribution in [0.5, 0.6) is 0 Å². The first-order chi connectivity index (χ1) is 6.61. The molecule has 1 aliphatic rings. The van der Waals surface area contributed by atoms with Gasteiger partial charge in [-0.3, -0.25) is 9.59 Å². The molecule has 0 aromatic heterocycles. The van der Waals surface area contributed by atoms with Crippen molar-refractivity contribution >= 4 is 11.7 Å². The molecule has 0 radical (unpaired) electrons. The molecule has 0 aromatic rings. The first-order valence-corrected chi connectivity index (χ1v) is 5.42. The Hall–Kier alpha value is -0.860. The van der Waals surface area contributed by atoms with E-state index >= 15 is 0 Å². The minimum absolute atomic E-state index is 0.0224. The second-order valence-corrected chi connectivity index (χ2v) is 4.18. The lowest BCUT2D eigenvalue weighted by Gasteiger charge is -2.22. The zero-order valence-corrected chi connectivity index (χ0v) is 9.01. The first kappa shape index (κ1) is 11.2. The molecule has 0 spiro atoms. The number of hydrogen-bond donors (Lipinski definition) is 1. The van der Waals surface area contributed by atoms with E-state index in [4.69, 9.17) is 0 Å². The number of ketones is 1. The van der Waals surface area contributed by atoms with Crippen molar-refractivity contribution in [3.8, 4) is 0 Å². The van der Waals surface area contributed by atoms with Gasteiger partial charge in [0.2, 0.25) is 5.91 Å². The lowest BCUT2D eigenvalue weighted by atomic mass is 9.88. The lowest BCUT2D eigenvalue weighted by Crippen LogP contribution is -2.41. The molecule has 1 aliphatic carbocycles. The van der Waals surface area contributed by atoms with Gasteiger partial charge in [0.15, 0.2) is 5.78 Å². The number of Topliss-reactive ketones (excluding diaryl/α,β-unsaturated/α-hetero) is 1. The number of amides is 1. The second kappa shape index (κ2) is 5.13. The van der Waals surface area contributed by atoms with Crippen molar-refractivity contribution in [1.82, 2.24) is 5.32 Å². The lowest BCUT2D eigenvalue weighted by molar-refractivity contribution is -0.129. The molecule has 0 bridgehead atoms. The summed E-state index contributed by atoms with van der Waals surface area (Å²) in [4.78, 5) is 22.6. The van der Waals surface area contributed by atoms with Crippen molar-refractivity contribution < 1.29 is 9.59 Å². The molecule has 0 aromatic carbocycles. The Bertz CT molecular complexity index is 219.